The molecule has 9 heteroatoms. The molecule has 2 unspecified atom stereocenters. The van der Waals surface area contributed by atoms with E-state index in [-0.39, 0.29) is 24.2 Å². The number of β-amino-alcohol motifs (C(OH)–C–C–N with tert-alkyl or cyclic N) is 1. The highest BCUT2D eigenvalue weighted by Gasteiger charge is 2.42. The van der Waals surface area contributed by atoms with Gasteiger partial charge >= 0.3 is 6.03 Å². The highest BCUT2D eigenvalue weighted by molar-refractivity contribution is 5.77. The molecule has 0 spiro atoms. The van der Waals surface area contributed by atoms with Crippen LogP contribution in [0.3, 0.4) is 0 Å². The van der Waals surface area contributed by atoms with Crippen LogP contribution in [0.15, 0.2) is 17.3 Å². The minimum Gasteiger partial charge on any atom is -0.391 e. The van der Waals surface area contributed by atoms with Crippen LogP contribution < -0.4 is 5.32 Å². The molecule has 0 bridgehead atoms. The molecule has 27 heavy (non-hydrogen) atoms. The van der Waals surface area contributed by atoms with E-state index in [9.17, 15) is 9.90 Å². The van der Waals surface area contributed by atoms with Crippen molar-refractivity contribution in [3.05, 3.63) is 23.9 Å². The maximum Gasteiger partial charge on any atom is 0.320 e. The minimum atomic E-state index is -0.393. The molecule has 4 aliphatic heterocycles. The Morgan fingerprint density at radius 1 is 1.30 bits per heavy atom. The Morgan fingerprint density at radius 2 is 2.19 bits per heavy atom. The van der Waals surface area contributed by atoms with Crippen molar-refractivity contribution in [2.45, 2.75) is 44.0 Å². The quantitative estimate of drug-likeness (QED) is 0.779. The Balaban J connectivity index is 1.41. The van der Waals surface area contributed by atoms with Crippen LogP contribution in [0.1, 0.15) is 43.4 Å². The van der Waals surface area contributed by atoms with Gasteiger partial charge in [0.15, 0.2) is 5.82 Å². The van der Waals surface area contributed by atoms with Gasteiger partial charge in [0, 0.05) is 32.1 Å². The molecular weight excluding hydrogens is 346 g/mol. The normalized spacial score (nSPS) is 34.1. The SMILES string of the molecule is CC[C@H]1CN(C(=O)N2CC[C@@H](O)C2)C[C@H]1c1nnc2n1C1C=CNC1N=C2. The fourth-order valence-electron chi connectivity index (χ4n) is 4.77. The first-order valence-electron chi connectivity index (χ1n) is 9.78. The van der Waals surface area contributed by atoms with E-state index >= 15 is 0 Å². The molecule has 0 radical (unpaired) electrons. The van der Waals surface area contributed by atoms with Gasteiger partial charge in [-0.2, -0.15) is 0 Å². The van der Waals surface area contributed by atoms with Gasteiger partial charge < -0.3 is 20.2 Å². The topological polar surface area (TPSA) is 98.9 Å². The maximum atomic E-state index is 12.9. The molecule has 5 atom stereocenters. The van der Waals surface area contributed by atoms with Crippen LogP contribution >= 0.6 is 0 Å². The standard InChI is InChI=1S/C18H25N7O2/c1-2-11-8-24(18(27)23-6-4-12(26)9-23)10-13(11)17-22-21-15-7-20-16-14(25(15)17)3-5-19-16/h3,5,7,11-14,16,19,26H,2,4,6,8-10H2,1H3/t11-,12+,13+,14?,16?/m0/s1. The molecule has 4 aliphatic rings. The Labute approximate surface area is 157 Å². The van der Waals surface area contributed by atoms with Gasteiger partial charge in [-0.05, 0) is 24.6 Å². The number of nitrogens with one attached hydrogen (secondary N) is 1. The molecule has 2 fully saturated rings. The maximum absolute atomic E-state index is 12.9. The van der Waals surface area contributed by atoms with Crippen LogP contribution in [0.5, 0.6) is 0 Å². The van der Waals surface area contributed by atoms with E-state index in [1.807, 2.05) is 11.1 Å². The summed E-state index contributed by atoms with van der Waals surface area (Å²) in [7, 11) is 0. The zero-order chi connectivity index (χ0) is 18.5. The number of fused-ring (bicyclic) bond motifs is 3. The Bertz CT molecular complexity index is 804. The van der Waals surface area contributed by atoms with Gasteiger partial charge in [0.05, 0.1) is 18.4 Å². The lowest BCUT2D eigenvalue weighted by Crippen LogP contribution is -2.41. The highest BCUT2D eigenvalue weighted by atomic mass is 16.3. The number of aliphatic imine (C=N–C) groups is 1. The van der Waals surface area contributed by atoms with Crippen LogP contribution in [-0.2, 0) is 0 Å². The zero-order valence-electron chi connectivity index (χ0n) is 15.4. The van der Waals surface area contributed by atoms with E-state index in [0.29, 0.717) is 32.0 Å². The second kappa shape index (κ2) is 6.33. The summed E-state index contributed by atoms with van der Waals surface area (Å²) in [6.45, 7) is 4.61. The predicted octanol–water partition coefficient (Wildman–Crippen LogP) is 0.307. The summed E-state index contributed by atoms with van der Waals surface area (Å²) in [5, 5.41) is 21.9. The summed E-state index contributed by atoms with van der Waals surface area (Å²) in [5.41, 5.74) is 0. The average molecular weight is 371 g/mol. The van der Waals surface area contributed by atoms with Gasteiger partial charge in [-0.1, -0.05) is 13.3 Å². The summed E-state index contributed by atoms with van der Waals surface area (Å²) in [5.74, 6) is 2.24. The van der Waals surface area contributed by atoms with Crippen molar-refractivity contribution in [2.24, 2.45) is 10.9 Å². The first-order chi connectivity index (χ1) is 13.2. The molecule has 0 saturated carbocycles. The molecule has 1 aromatic heterocycles. The van der Waals surface area contributed by atoms with Crippen molar-refractivity contribution in [1.29, 1.82) is 0 Å². The van der Waals surface area contributed by atoms with Gasteiger partial charge in [-0.25, -0.2) is 4.79 Å². The van der Waals surface area contributed by atoms with E-state index in [0.717, 1.165) is 24.6 Å². The highest BCUT2D eigenvalue weighted by Crippen LogP contribution is 2.37. The molecule has 5 heterocycles. The molecule has 2 saturated heterocycles. The second-order valence-corrected chi connectivity index (χ2v) is 7.88. The van der Waals surface area contributed by atoms with Crippen LogP contribution in [0.4, 0.5) is 4.79 Å². The molecule has 2 amide bonds. The molecule has 1 aromatic rings. The van der Waals surface area contributed by atoms with Gasteiger partial charge in [0.1, 0.15) is 12.0 Å². The first-order valence-corrected chi connectivity index (χ1v) is 9.78. The van der Waals surface area contributed by atoms with E-state index < -0.39 is 6.10 Å². The number of carbonyl (C=O) groups is 1. The van der Waals surface area contributed by atoms with Crippen LogP contribution in [-0.4, -0.2) is 80.4 Å². The molecule has 0 aliphatic carbocycles. The van der Waals surface area contributed by atoms with Crippen LogP contribution in [0, 0.1) is 5.92 Å². The van der Waals surface area contributed by atoms with Crippen molar-refractivity contribution in [3.63, 3.8) is 0 Å². The van der Waals surface area contributed by atoms with Crippen LogP contribution in [0.25, 0.3) is 0 Å². The van der Waals surface area contributed by atoms with Crippen molar-refractivity contribution < 1.29 is 9.90 Å². The Morgan fingerprint density at radius 3 is 2.96 bits per heavy atom. The summed E-state index contributed by atoms with van der Waals surface area (Å²) < 4.78 is 2.18. The van der Waals surface area contributed by atoms with E-state index in [2.05, 4.69) is 38.1 Å². The number of hydrogen-bond acceptors (Lipinski definition) is 6. The van der Waals surface area contributed by atoms with Gasteiger partial charge in [-0.15, -0.1) is 10.2 Å². The molecule has 5 rings (SSSR count). The van der Waals surface area contributed by atoms with E-state index in [1.54, 1.807) is 11.1 Å². The summed E-state index contributed by atoms with van der Waals surface area (Å²) in [6, 6.07) is 0.124. The first kappa shape index (κ1) is 16.7. The molecule has 2 N–H and O–H groups in total. The third kappa shape index (κ3) is 2.63. The largest absolute Gasteiger partial charge is 0.391 e. The van der Waals surface area contributed by atoms with Crippen molar-refractivity contribution in [2.75, 3.05) is 26.2 Å². The second-order valence-electron chi connectivity index (χ2n) is 7.88. The van der Waals surface area contributed by atoms with Gasteiger partial charge in [0.2, 0.25) is 0 Å². The molecule has 9 nitrogen and oxygen atoms in total. The summed E-state index contributed by atoms with van der Waals surface area (Å²) in [4.78, 5) is 21.1. The number of urea groups is 1. The number of rotatable bonds is 2. The van der Waals surface area contributed by atoms with Crippen molar-refractivity contribution in [1.82, 2.24) is 29.9 Å². The molecular formula is C18H25N7O2. The zero-order valence-corrected chi connectivity index (χ0v) is 15.4. The van der Waals surface area contributed by atoms with Gasteiger partial charge in [-0.3, -0.25) is 9.56 Å². The number of aliphatic hydroxyl groups is 1. The number of aliphatic hydroxyl groups excluding tert-OH is 1. The number of likely N-dealkylation sites (tertiary alicyclic amines) is 2. The lowest BCUT2D eigenvalue weighted by molar-refractivity contribution is 0.152. The van der Waals surface area contributed by atoms with Crippen molar-refractivity contribution in [3.8, 4) is 0 Å². The number of carbonyl (C=O) groups excluding carboxylic acids is 1. The number of amides is 2. The Hall–Kier alpha value is -2.42. The van der Waals surface area contributed by atoms with E-state index in [1.165, 1.54) is 0 Å². The number of hydrogen-bond donors (Lipinski definition) is 2. The average Bonchev–Trinajstić information content (AvgIpc) is 3.43. The third-order valence-electron chi connectivity index (χ3n) is 6.28. The fourth-order valence-corrected chi connectivity index (χ4v) is 4.77. The van der Waals surface area contributed by atoms with Crippen LogP contribution in [0.2, 0.25) is 0 Å². The lowest BCUT2D eigenvalue weighted by Gasteiger charge is -2.26. The minimum absolute atomic E-state index is 0.00227. The Kier molecular flexibility index (Phi) is 3.92. The third-order valence-corrected chi connectivity index (χ3v) is 6.28. The van der Waals surface area contributed by atoms with Gasteiger partial charge in [0.25, 0.3) is 0 Å². The fraction of sp³-hybridized carbons (Fsp3) is 0.667. The lowest BCUT2D eigenvalue weighted by atomic mass is 9.92. The molecule has 144 valence electrons. The number of nitrogens with zero attached hydrogens (tertiary/aromatic N) is 6. The summed E-state index contributed by atoms with van der Waals surface area (Å²) >= 11 is 0. The number of aromatic nitrogens is 3. The predicted molar refractivity (Wildman–Crippen MR) is 98.4 cm³/mol. The monoisotopic (exact) mass is 371 g/mol. The summed E-state index contributed by atoms with van der Waals surface area (Å²) in [6.07, 6.45) is 7.07. The van der Waals surface area contributed by atoms with Crippen molar-refractivity contribution >= 4 is 12.2 Å². The molecule has 0 aromatic carbocycles. The smallest absolute Gasteiger partial charge is 0.320 e. The van der Waals surface area contributed by atoms with E-state index in [4.69, 9.17) is 0 Å².